The van der Waals surface area contributed by atoms with Crippen molar-refractivity contribution < 1.29 is 14.3 Å². The molecule has 0 atom stereocenters. The Labute approximate surface area is 154 Å². The van der Waals surface area contributed by atoms with Gasteiger partial charge in [-0.1, -0.05) is 48.5 Å². The molecule has 1 saturated heterocycles. The topological polar surface area (TPSA) is 73.6 Å². The highest BCUT2D eigenvalue weighted by molar-refractivity contribution is 5.83. The molecule has 138 valence electrons. The maximum Gasteiger partial charge on any atom is 0.227 e. The standard InChI is InChI=1S/C21H26N2O3/c22-16-21(10-13-25-14-11-21)20(24)23-12-15-26-19-9-5-4-8-18(19)17-6-2-1-3-7-17/h1-9H,10-16,22H2,(H,23,24). The Morgan fingerprint density at radius 1 is 1.08 bits per heavy atom. The molecule has 0 aliphatic carbocycles. The molecule has 1 aliphatic rings. The van der Waals surface area contributed by atoms with Gasteiger partial charge in [-0.3, -0.25) is 4.79 Å². The Kier molecular flexibility index (Phi) is 6.26. The smallest absolute Gasteiger partial charge is 0.227 e. The van der Waals surface area contributed by atoms with E-state index < -0.39 is 5.41 Å². The number of hydrogen-bond acceptors (Lipinski definition) is 4. The lowest BCUT2D eigenvalue weighted by Gasteiger charge is -2.34. The van der Waals surface area contributed by atoms with Gasteiger partial charge < -0.3 is 20.5 Å². The van der Waals surface area contributed by atoms with Crippen molar-refractivity contribution in [3.63, 3.8) is 0 Å². The Bertz CT molecular complexity index is 712. The highest BCUT2D eigenvalue weighted by atomic mass is 16.5. The number of carbonyl (C=O) groups excluding carboxylic acids is 1. The Balaban J connectivity index is 1.55. The highest BCUT2D eigenvalue weighted by Crippen LogP contribution is 2.30. The van der Waals surface area contributed by atoms with Gasteiger partial charge in [0.1, 0.15) is 12.4 Å². The Hall–Kier alpha value is -2.37. The van der Waals surface area contributed by atoms with Crippen LogP contribution >= 0.6 is 0 Å². The van der Waals surface area contributed by atoms with Crippen molar-refractivity contribution in [2.45, 2.75) is 12.8 Å². The van der Waals surface area contributed by atoms with E-state index in [-0.39, 0.29) is 5.91 Å². The van der Waals surface area contributed by atoms with Gasteiger partial charge in [-0.2, -0.15) is 0 Å². The molecule has 0 spiro atoms. The number of benzene rings is 2. The van der Waals surface area contributed by atoms with Crippen LogP contribution < -0.4 is 15.8 Å². The molecule has 5 nitrogen and oxygen atoms in total. The van der Waals surface area contributed by atoms with E-state index in [1.165, 1.54) is 0 Å². The maximum atomic E-state index is 12.5. The van der Waals surface area contributed by atoms with E-state index in [1.54, 1.807) is 0 Å². The summed E-state index contributed by atoms with van der Waals surface area (Å²) in [5, 5.41) is 2.97. The minimum Gasteiger partial charge on any atom is -0.491 e. The predicted octanol–water partition coefficient (Wildman–Crippen LogP) is 2.60. The molecule has 1 amide bonds. The van der Waals surface area contributed by atoms with Crippen molar-refractivity contribution >= 4 is 5.91 Å². The quantitative estimate of drug-likeness (QED) is 0.750. The second kappa shape index (κ2) is 8.83. The first-order valence-corrected chi connectivity index (χ1v) is 9.08. The first kappa shape index (κ1) is 18.4. The van der Waals surface area contributed by atoms with Gasteiger partial charge in [-0.15, -0.1) is 0 Å². The first-order chi connectivity index (χ1) is 12.7. The summed E-state index contributed by atoms with van der Waals surface area (Å²) in [7, 11) is 0. The van der Waals surface area contributed by atoms with Crippen LogP contribution in [-0.2, 0) is 9.53 Å². The number of nitrogens with two attached hydrogens (primary N) is 1. The molecule has 26 heavy (non-hydrogen) atoms. The number of amides is 1. The average molecular weight is 354 g/mol. The highest BCUT2D eigenvalue weighted by Gasteiger charge is 2.38. The van der Waals surface area contributed by atoms with Crippen LogP contribution in [0, 0.1) is 5.41 Å². The Morgan fingerprint density at radius 2 is 1.77 bits per heavy atom. The van der Waals surface area contributed by atoms with Crippen LogP contribution in [0.5, 0.6) is 5.75 Å². The number of rotatable bonds is 7. The number of para-hydroxylation sites is 1. The van der Waals surface area contributed by atoms with Gasteiger partial charge in [0.2, 0.25) is 5.91 Å². The second-order valence-electron chi connectivity index (χ2n) is 6.56. The van der Waals surface area contributed by atoms with E-state index >= 15 is 0 Å². The van der Waals surface area contributed by atoms with Crippen LogP contribution in [0.3, 0.4) is 0 Å². The molecule has 0 saturated carbocycles. The van der Waals surface area contributed by atoms with Gasteiger partial charge in [0.25, 0.3) is 0 Å². The zero-order valence-electron chi connectivity index (χ0n) is 14.9. The van der Waals surface area contributed by atoms with Crippen molar-refractivity contribution in [1.29, 1.82) is 0 Å². The predicted molar refractivity (Wildman–Crippen MR) is 102 cm³/mol. The summed E-state index contributed by atoms with van der Waals surface area (Å²) in [5.41, 5.74) is 7.52. The van der Waals surface area contributed by atoms with E-state index in [9.17, 15) is 4.79 Å². The zero-order valence-corrected chi connectivity index (χ0v) is 14.9. The number of nitrogens with one attached hydrogen (secondary N) is 1. The van der Waals surface area contributed by atoms with Crippen LogP contribution in [0.25, 0.3) is 11.1 Å². The largest absolute Gasteiger partial charge is 0.491 e. The van der Waals surface area contributed by atoms with Crippen molar-refractivity contribution in [1.82, 2.24) is 5.32 Å². The SMILES string of the molecule is NCC1(C(=O)NCCOc2ccccc2-c2ccccc2)CCOCC1. The normalized spacial score (nSPS) is 16.0. The fraction of sp³-hybridized carbons (Fsp3) is 0.381. The fourth-order valence-corrected chi connectivity index (χ4v) is 3.25. The van der Waals surface area contributed by atoms with E-state index in [4.69, 9.17) is 15.2 Å². The summed E-state index contributed by atoms with van der Waals surface area (Å²) in [6.45, 7) is 2.38. The van der Waals surface area contributed by atoms with Gasteiger partial charge in [-0.25, -0.2) is 0 Å². The summed E-state index contributed by atoms with van der Waals surface area (Å²) in [5.74, 6) is 0.816. The first-order valence-electron chi connectivity index (χ1n) is 9.08. The van der Waals surface area contributed by atoms with Crippen LogP contribution in [-0.4, -0.2) is 38.8 Å². The lowest BCUT2D eigenvalue weighted by molar-refractivity contribution is -0.136. The van der Waals surface area contributed by atoms with Crippen molar-refractivity contribution in [3.05, 3.63) is 54.6 Å². The lowest BCUT2D eigenvalue weighted by Crippen LogP contribution is -2.49. The molecular formula is C21H26N2O3. The third-order valence-electron chi connectivity index (χ3n) is 4.94. The summed E-state index contributed by atoms with van der Waals surface area (Å²) < 4.78 is 11.3. The van der Waals surface area contributed by atoms with E-state index in [0.717, 1.165) is 16.9 Å². The van der Waals surface area contributed by atoms with Crippen molar-refractivity contribution in [2.75, 3.05) is 32.9 Å². The van der Waals surface area contributed by atoms with Gasteiger partial charge >= 0.3 is 0 Å². The molecule has 0 aromatic heterocycles. The maximum absolute atomic E-state index is 12.5. The van der Waals surface area contributed by atoms with Crippen LogP contribution in [0.1, 0.15) is 12.8 Å². The van der Waals surface area contributed by atoms with E-state index in [0.29, 0.717) is 45.8 Å². The van der Waals surface area contributed by atoms with Gasteiger partial charge in [0.05, 0.1) is 12.0 Å². The molecule has 1 fully saturated rings. The third-order valence-corrected chi connectivity index (χ3v) is 4.94. The van der Waals surface area contributed by atoms with Crippen molar-refractivity contribution in [3.8, 4) is 16.9 Å². The van der Waals surface area contributed by atoms with E-state index in [2.05, 4.69) is 17.4 Å². The zero-order chi connectivity index (χ0) is 18.2. The Morgan fingerprint density at radius 3 is 2.50 bits per heavy atom. The fourth-order valence-electron chi connectivity index (χ4n) is 3.25. The summed E-state index contributed by atoms with van der Waals surface area (Å²) >= 11 is 0. The van der Waals surface area contributed by atoms with Crippen LogP contribution in [0.2, 0.25) is 0 Å². The van der Waals surface area contributed by atoms with Gasteiger partial charge in [0, 0.05) is 25.3 Å². The van der Waals surface area contributed by atoms with Crippen LogP contribution in [0.15, 0.2) is 54.6 Å². The molecule has 3 N–H and O–H groups in total. The van der Waals surface area contributed by atoms with Crippen molar-refractivity contribution in [2.24, 2.45) is 11.1 Å². The average Bonchev–Trinajstić information content (AvgIpc) is 2.72. The summed E-state index contributed by atoms with van der Waals surface area (Å²) in [6.07, 6.45) is 1.35. The number of ether oxygens (including phenoxy) is 2. The molecule has 5 heteroatoms. The molecular weight excluding hydrogens is 328 g/mol. The molecule has 3 rings (SSSR count). The van der Waals surface area contributed by atoms with Crippen LogP contribution in [0.4, 0.5) is 0 Å². The minimum absolute atomic E-state index is 0.00300. The van der Waals surface area contributed by atoms with Gasteiger partial charge in [0.15, 0.2) is 0 Å². The molecule has 1 aliphatic heterocycles. The lowest BCUT2D eigenvalue weighted by atomic mass is 9.79. The monoisotopic (exact) mass is 354 g/mol. The minimum atomic E-state index is -0.500. The molecule has 1 heterocycles. The van der Waals surface area contributed by atoms with Gasteiger partial charge in [-0.05, 0) is 24.5 Å². The molecule has 2 aromatic rings. The molecule has 0 unspecified atom stereocenters. The summed E-state index contributed by atoms with van der Waals surface area (Å²) in [4.78, 5) is 12.5. The number of hydrogen-bond donors (Lipinski definition) is 2. The molecule has 2 aromatic carbocycles. The third kappa shape index (κ3) is 4.23. The van der Waals surface area contributed by atoms with E-state index in [1.807, 2.05) is 42.5 Å². The molecule has 0 bridgehead atoms. The second-order valence-corrected chi connectivity index (χ2v) is 6.56. The molecule has 0 radical (unpaired) electrons. The number of carbonyl (C=O) groups is 1. The summed E-state index contributed by atoms with van der Waals surface area (Å²) in [6, 6.07) is 18.0.